The molecule has 0 N–H and O–H groups in total. The van der Waals surface area contributed by atoms with Gasteiger partial charge in [0.05, 0.1) is 12.0 Å². The lowest BCUT2D eigenvalue weighted by molar-refractivity contribution is -0.147. The van der Waals surface area contributed by atoms with Crippen molar-refractivity contribution in [3.05, 3.63) is 12.2 Å². The molecule has 23 heavy (non-hydrogen) atoms. The molecule has 0 aromatic carbocycles. The predicted molar refractivity (Wildman–Crippen MR) is 88.8 cm³/mol. The van der Waals surface area contributed by atoms with Crippen LogP contribution in [0.5, 0.6) is 0 Å². The third-order valence-corrected chi connectivity index (χ3v) is 5.39. The summed E-state index contributed by atoms with van der Waals surface area (Å²) in [5, 5.41) is 8.32. The van der Waals surface area contributed by atoms with E-state index in [0.717, 1.165) is 51.3 Å². The summed E-state index contributed by atoms with van der Waals surface area (Å²) in [4.78, 5) is 17.4. The van der Waals surface area contributed by atoms with Crippen LogP contribution in [0.3, 0.4) is 0 Å². The molecule has 0 radical (unpaired) electrons. The highest BCUT2D eigenvalue weighted by atomic mass is 16.2. The first kappa shape index (κ1) is 16.4. The molecule has 0 bridgehead atoms. The quantitative estimate of drug-likeness (QED) is 0.852. The predicted octanol–water partition coefficient (Wildman–Crippen LogP) is 2.08. The number of amides is 1. The highest BCUT2D eigenvalue weighted by Gasteiger charge is 2.48. The van der Waals surface area contributed by atoms with Gasteiger partial charge in [0.1, 0.15) is 12.2 Å². The van der Waals surface area contributed by atoms with Gasteiger partial charge in [0.2, 0.25) is 5.91 Å². The van der Waals surface area contributed by atoms with Crippen LogP contribution in [0.2, 0.25) is 0 Å². The van der Waals surface area contributed by atoms with Gasteiger partial charge < -0.3 is 9.47 Å². The van der Waals surface area contributed by atoms with E-state index in [2.05, 4.69) is 52.3 Å². The number of hydrogen-bond acceptors (Lipinski definition) is 4. The Morgan fingerprint density at radius 2 is 1.96 bits per heavy atom. The van der Waals surface area contributed by atoms with Crippen LogP contribution < -0.4 is 0 Å². The van der Waals surface area contributed by atoms with Gasteiger partial charge in [0.25, 0.3) is 0 Å². The molecule has 0 saturated carbocycles. The first-order valence-corrected chi connectivity index (χ1v) is 8.85. The van der Waals surface area contributed by atoms with Crippen molar-refractivity contribution in [3.8, 4) is 0 Å². The van der Waals surface area contributed by atoms with Gasteiger partial charge in [-0.15, -0.1) is 10.2 Å². The number of likely N-dealkylation sites (tertiary alicyclic amines) is 2. The summed E-state index contributed by atoms with van der Waals surface area (Å²) in [6.45, 7) is 12.1. The Kier molecular flexibility index (Phi) is 4.45. The van der Waals surface area contributed by atoms with Crippen molar-refractivity contribution < 1.29 is 4.79 Å². The number of nitrogens with zero attached hydrogens (tertiary/aromatic N) is 5. The fraction of sp³-hybridized carbons (Fsp3) is 0.824. The molecule has 1 atom stereocenters. The summed E-state index contributed by atoms with van der Waals surface area (Å²) < 4.78 is 2.12. The average molecular weight is 319 g/mol. The molecule has 6 nitrogen and oxygen atoms in total. The molecular formula is C17H29N5O. The SMILES string of the molecule is CC(C)N1CCC[C@]2(CCN(Cc3nncn3C(C)C)C2)C1=O. The van der Waals surface area contributed by atoms with Gasteiger partial charge in [0.15, 0.2) is 0 Å². The van der Waals surface area contributed by atoms with Crippen molar-refractivity contribution in [1.29, 1.82) is 0 Å². The Morgan fingerprint density at radius 1 is 1.17 bits per heavy atom. The first-order valence-electron chi connectivity index (χ1n) is 8.85. The van der Waals surface area contributed by atoms with E-state index in [1.165, 1.54) is 0 Å². The average Bonchev–Trinajstić information content (AvgIpc) is 3.10. The zero-order valence-corrected chi connectivity index (χ0v) is 14.8. The second kappa shape index (κ2) is 6.23. The molecule has 1 aromatic rings. The molecule has 2 aliphatic heterocycles. The van der Waals surface area contributed by atoms with E-state index in [0.29, 0.717) is 18.0 Å². The minimum Gasteiger partial charge on any atom is -0.340 e. The van der Waals surface area contributed by atoms with E-state index in [-0.39, 0.29) is 5.41 Å². The highest BCUT2D eigenvalue weighted by molar-refractivity contribution is 5.84. The first-order chi connectivity index (χ1) is 10.9. The molecule has 1 amide bonds. The summed E-state index contributed by atoms with van der Waals surface area (Å²) >= 11 is 0. The van der Waals surface area contributed by atoms with Gasteiger partial charge in [-0.2, -0.15) is 0 Å². The molecule has 3 rings (SSSR count). The van der Waals surface area contributed by atoms with Gasteiger partial charge in [-0.25, -0.2) is 0 Å². The summed E-state index contributed by atoms with van der Waals surface area (Å²) in [6.07, 6.45) is 4.94. The molecular weight excluding hydrogens is 290 g/mol. The zero-order valence-electron chi connectivity index (χ0n) is 14.8. The van der Waals surface area contributed by atoms with Crippen molar-refractivity contribution in [1.82, 2.24) is 24.6 Å². The van der Waals surface area contributed by atoms with Gasteiger partial charge in [-0.3, -0.25) is 9.69 Å². The van der Waals surface area contributed by atoms with Crippen molar-refractivity contribution in [2.75, 3.05) is 19.6 Å². The van der Waals surface area contributed by atoms with Crippen molar-refractivity contribution in [2.45, 2.75) is 65.6 Å². The molecule has 6 heteroatoms. The lowest BCUT2D eigenvalue weighted by atomic mass is 9.78. The molecule has 128 valence electrons. The van der Waals surface area contributed by atoms with E-state index in [9.17, 15) is 4.79 Å². The minimum absolute atomic E-state index is 0.162. The Labute approximate surface area is 138 Å². The fourth-order valence-electron chi connectivity index (χ4n) is 4.08. The van der Waals surface area contributed by atoms with Crippen molar-refractivity contribution in [2.24, 2.45) is 5.41 Å². The maximum atomic E-state index is 13.0. The van der Waals surface area contributed by atoms with E-state index in [1.807, 2.05) is 0 Å². The summed E-state index contributed by atoms with van der Waals surface area (Å²) in [7, 11) is 0. The van der Waals surface area contributed by atoms with Gasteiger partial charge in [-0.1, -0.05) is 0 Å². The Bertz CT molecular complexity index is 567. The van der Waals surface area contributed by atoms with E-state index >= 15 is 0 Å². The van der Waals surface area contributed by atoms with Crippen LogP contribution in [-0.2, 0) is 11.3 Å². The molecule has 2 saturated heterocycles. The Morgan fingerprint density at radius 3 is 2.65 bits per heavy atom. The van der Waals surface area contributed by atoms with Crippen molar-refractivity contribution >= 4 is 5.91 Å². The molecule has 1 aromatic heterocycles. The highest BCUT2D eigenvalue weighted by Crippen LogP contribution is 2.41. The summed E-state index contributed by atoms with van der Waals surface area (Å²) in [5.41, 5.74) is -0.162. The van der Waals surface area contributed by atoms with Gasteiger partial charge in [-0.05, 0) is 53.5 Å². The Hall–Kier alpha value is -1.43. The third kappa shape index (κ3) is 3.01. The van der Waals surface area contributed by atoms with Crippen LogP contribution >= 0.6 is 0 Å². The molecule has 3 heterocycles. The molecule has 0 aliphatic carbocycles. The van der Waals surface area contributed by atoms with Crippen LogP contribution in [0.1, 0.15) is 58.8 Å². The van der Waals surface area contributed by atoms with E-state index in [1.54, 1.807) is 6.33 Å². The van der Waals surface area contributed by atoms with Crippen molar-refractivity contribution in [3.63, 3.8) is 0 Å². The number of hydrogen-bond donors (Lipinski definition) is 0. The normalized spacial score (nSPS) is 26.2. The molecule has 1 spiro atoms. The lowest BCUT2D eigenvalue weighted by Gasteiger charge is -2.41. The maximum absolute atomic E-state index is 13.0. The topological polar surface area (TPSA) is 54.3 Å². The largest absolute Gasteiger partial charge is 0.340 e. The number of carbonyl (C=O) groups is 1. The fourth-order valence-corrected chi connectivity index (χ4v) is 4.08. The summed E-state index contributed by atoms with van der Waals surface area (Å²) in [6, 6.07) is 0.669. The molecule has 0 unspecified atom stereocenters. The van der Waals surface area contributed by atoms with Crippen LogP contribution in [-0.4, -0.2) is 56.1 Å². The standard InChI is InChI=1S/C17H29N5O/c1-13(2)21-8-5-6-17(16(21)23)7-9-20(11-17)10-15-19-18-12-22(15)14(3)4/h12-14H,5-11H2,1-4H3/t17-/m1/s1. The summed E-state index contributed by atoms with van der Waals surface area (Å²) in [5.74, 6) is 1.37. The van der Waals surface area contributed by atoms with Gasteiger partial charge in [0, 0.05) is 25.2 Å². The second-order valence-electron chi connectivity index (χ2n) is 7.69. The maximum Gasteiger partial charge on any atom is 0.230 e. The van der Waals surface area contributed by atoms with Gasteiger partial charge >= 0.3 is 0 Å². The van der Waals surface area contributed by atoms with Crippen LogP contribution in [0, 0.1) is 5.41 Å². The number of rotatable bonds is 4. The monoisotopic (exact) mass is 319 g/mol. The second-order valence-corrected chi connectivity index (χ2v) is 7.69. The Balaban J connectivity index is 1.70. The smallest absolute Gasteiger partial charge is 0.230 e. The number of aromatic nitrogens is 3. The van der Waals surface area contributed by atoms with E-state index in [4.69, 9.17) is 0 Å². The number of piperidine rings is 1. The zero-order chi connectivity index (χ0) is 16.6. The van der Waals surface area contributed by atoms with Crippen LogP contribution in [0.4, 0.5) is 0 Å². The molecule has 2 fully saturated rings. The third-order valence-electron chi connectivity index (χ3n) is 5.39. The van der Waals surface area contributed by atoms with E-state index < -0.39 is 0 Å². The lowest BCUT2D eigenvalue weighted by Crippen LogP contribution is -2.52. The number of carbonyl (C=O) groups excluding carboxylic acids is 1. The van der Waals surface area contributed by atoms with Crippen LogP contribution in [0.25, 0.3) is 0 Å². The molecule has 2 aliphatic rings. The van der Waals surface area contributed by atoms with Crippen LogP contribution in [0.15, 0.2) is 6.33 Å². The minimum atomic E-state index is -0.162.